The van der Waals surface area contributed by atoms with Crippen molar-refractivity contribution >= 4 is 0 Å². The van der Waals surface area contributed by atoms with Gasteiger partial charge in [0.2, 0.25) is 0 Å². The summed E-state index contributed by atoms with van der Waals surface area (Å²) in [6.45, 7) is 13.3. The van der Waals surface area contributed by atoms with E-state index in [1.165, 1.54) is 9.80 Å². The lowest BCUT2D eigenvalue weighted by Gasteiger charge is -2.20. The molecule has 23 heavy (non-hydrogen) atoms. The van der Waals surface area contributed by atoms with Crippen molar-refractivity contribution in [2.45, 2.75) is 0 Å². The van der Waals surface area contributed by atoms with E-state index in [0.29, 0.717) is 26.4 Å². The van der Waals surface area contributed by atoms with Crippen molar-refractivity contribution in [1.82, 2.24) is 0 Å². The van der Waals surface area contributed by atoms with Gasteiger partial charge in [0.15, 0.2) is 0 Å². The van der Waals surface area contributed by atoms with E-state index in [4.69, 9.17) is 23.7 Å². The smallest absolute Gasteiger partial charge is 0.101 e. The van der Waals surface area contributed by atoms with Crippen molar-refractivity contribution < 1.29 is 33.5 Å². The van der Waals surface area contributed by atoms with Crippen LogP contribution in [0.15, 0.2) is 0 Å². The van der Waals surface area contributed by atoms with E-state index in [0.717, 1.165) is 78.9 Å². The largest absolute Gasteiger partial charge is 0.373 e. The molecule has 2 aliphatic rings. The summed E-state index contributed by atoms with van der Waals surface area (Å²) in [6.07, 6.45) is 0. The van der Waals surface area contributed by atoms with Crippen molar-refractivity contribution in [2.24, 2.45) is 0 Å². The molecule has 0 aromatic carbocycles. The summed E-state index contributed by atoms with van der Waals surface area (Å²) in [5, 5.41) is 0. The second-order valence-electron chi connectivity index (χ2n) is 6.06. The van der Waals surface area contributed by atoms with Gasteiger partial charge in [-0.1, -0.05) is 0 Å². The highest BCUT2D eigenvalue weighted by atomic mass is 16.5. The molecule has 0 amide bonds. The number of hydrogen-bond acceptors (Lipinski definition) is 5. The van der Waals surface area contributed by atoms with Crippen molar-refractivity contribution in [1.29, 1.82) is 0 Å². The molecule has 2 rings (SSSR count). The van der Waals surface area contributed by atoms with Gasteiger partial charge in [-0.2, -0.15) is 0 Å². The van der Waals surface area contributed by atoms with Gasteiger partial charge in [-0.05, 0) is 0 Å². The molecule has 0 aromatic rings. The Labute approximate surface area is 139 Å². The average molecular weight is 334 g/mol. The molecule has 0 saturated carbocycles. The molecule has 2 bridgehead atoms. The van der Waals surface area contributed by atoms with Crippen LogP contribution in [0.3, 0.4) is 0 Å². The molecule has 136 valence electrons. The molecular weight excluding hydrogens is 300 g/mol. The van der Waals surface area contributed by atoms with Gasteiger partial charge >= 0.3 is 0 Å². The van der Waals surface area contributed by atoms with Crippen LogP contribution in [0.25, 0.3) is 0 Å². The van der Waals surface area contributed by atoms with Crippen LogP contribution in [-0.4, -0.2) is 105 Å². The van der Waals surface area contributed by atoms with Crippen LogP contribution in [-0.2, 0) is 23.7 Å². The standard InChI is InChI=1S/C16H32N2O5/c1-7-19-8-2-18-5-11-22-15-13-20-9-3-17(1)4-10-21-14-16-23-12-6-18/h1-16H2/p+2. The first kappa shape index (κ1) is 19.1. The summed E-state index contributed by atoms with van der Waals surface area (Å²) < 4.78 is 28.6. The summed E-state index contributed by atoms with van der Waals surface area (Å²) in [6, 6.07) is 0. The van der Waals surface area contributed by atoms with E-state index >= 15 is 0 Å². The maximum atomic E-state index is 5.84. The Balaban J connectivity index is 1.87. The second kappa shape index (κ2) is 13.1. The van der Waals surface area contributed by atoms with Gasteiger partial charge in [-0.3, -0.25) is 0 Å². The number of quaternary nitrogens is 2. The fourth-order valence-electron chi connectivity index (χ4n) is 2.80. The minimum atomic E-state index is 0.679. The van der Waals surface area contributed by atoms with Gasteiger partial charge in [0.05, 0.1) is 66.1 Å². The molecule has 0 aromatic heterocycles. The highest BCUT2D eigenvalue weighted by Crippen LogP contribution is 1.81. The quantitative estimate of drug-likeness (QED) is 0.459. The molecule has 2 aliphatic heterocycles. The van der Waals surface area contributed by atoms with Crippen molar-refractivity contribution in [3.63, 3.8) is 0 Å². The second-order valence-corrected chi connectivity index (χ2v) is 6.06. The van der Waals surface area contributed by atoms with E-state index < -0.39 is 0 Å². The summed E-state index contributed by atoms with van der Waals surface area (Å²) in [5.41, 5.74) is 0. The Hall–Kier alpha value is -0.280. The van der Waals surface area contributed by atoms with Gasteiger partial charge in [-0.25, -0.2) is 0 Å². The first-order chi connectivity index (χ1) is 11.4. The fraction of sp³-hybridized carbons (Fsp3) is 1.00. The first-order valence-electron chi connectivity index (χ1n) is 9.01. The maximum Gasteiger partial charge on any atom is 0.101 e. The van der Waals surface area contributed by atoms with E-state index in [1.807, 2.05) is 0 Å². The molecule has 0 radical (unpaired) electrons. The molecule has 2 fully saturated rings. The number of fused-ring (bicyclic) bond motifs is 6. The van der Waals surface area contributed by atoms with Crippen LogP contribution in [0, 0.1) is 0 Å². The zero-order valence-corrected chi connectivity index (χ0v) is 14.4. The molecule has 7 nitrogen and oxygen atoms in total. The molecule has 7 heteroatoms. The van der Waals surface area contributed by atoms with Crippen LogP contribution >= 0.6 is 0 Å². The Kier molecular flexibility index (Phi) is 10.8. The van der Waals surface area contributed by atoms with E-state index in [2.05, 4.69) is 0 Å². The van der Waals surface area contributed by atoms with Gasteiger partial charge in [0.25, 0.3) is 0 Å². The molecule has 0 aliphatic carbocycles. The minimum Gasteiger partial charge on any atom is -0.373 e. The average Bonchev–Trinajstić information content (AvgIpc) is 2.57. The fourth-order valence-corrected chi connectivity index (χ4v) is 2.80. The molecule has 2 N–H and O–H groups in total. The van der Waals surface area contributed by atoms with Gasteiger partial charge in [0.1, 0.15) is 39.3 Å². The summed E-state index contributed by atoms with van der Waals surface area (Å²) in [4.78, 5) is 2.95. The zero-order chi connectivity index (χ0) is 16.0. The summed E-state index contributed by atoms with van der Waals surface area (Å²) in [5.74, 6) is 0. The third kappa shape index (κ3) is 9.56. The number of rotatable bonds is 0. The van der Waals surface area contributed by atoms with Gasteiger partial charge in [-0.15, -0.1) is 0 Å². The highest BCUT2D eigenvalue weighted by molar-refractivity contribution is 4.41. The predicted octanol–water partition coefficient (Wildman–Crippen LogP) is -3.13. The van der Waals surface area contributed by atoms with Crippen LogP contribution in [0.2, 0.25) is 0 Å². The van der Waals surface area contributed by atoms with Gasteiger partial charge < -0.3 is 33.5 Å². The number of nitrogens with one attached hydrogen (secondary N) is 2. The maximum absolute atomic E-state index is 5.84. The Morgan fingerprint density at radius 2 is 0.522 bits per heavy atom. The number of hydrogen-bond donors (Lipinski definition) is 2. The normalized spacial score (nSPS) is 31.3. The molecule has 0 spiro atoms. The molecular formula is C16H34N2O5+2. The molecule has 2 heterocycles. The lowest BCUT2D eigenvalue weighted by atomic mass is 10.4. The Bertz CT molecular complexity index is 237. The minimum absolute atomic E-state index is 0.679. The Morgan fingerprint density at radius 1 is 0.304 bits per heavy atom. The molecule has 0 unspecified atom stereocenters. The van der Waals surface area contributed by atoms with Crippen LogP contribution in [0.4, 0.5) is 0 Å². The first-order valence-corrected chi connectivity index (χ1v) is 9.01. The number of ether oxygens (including phenoxy) is 5. The molecule has 2 saturated heterocycles. The van der Waals surface area contributed by atoms with E-state index in [9.17, 15) is 0 Å². The lowest BCUT2D eigenvalue weighted by Crippen LogP contribution is -3.14. The predicted molar refractivity (Wildman–Crippen MR) is 85.2 cm³/mol. The monoisotopic (exact) mass is 334 g/mol. The summed E-state index contributed by atoms with van der Waals surface area (Å²) in [7, 11) is 0. The van der Waals surface area contributed by atoms with Crippen LogP contribution in [0.1, 0.15) is 0 Å². The van der Waals surface area contributed by atoms with Crippen LogP contribution < -0.4 is 9.80 Å². The van der Waals surface area contributed by atoms with Gasteiger partial charge in [0, 0.05) is 0 Å². The lowest BCUT2D eigenvalue weighted by molar-refractivity contribution is -0.904. The highest BCUT2D eigenvalue weighted by Gasteiger charge is 2.12. The Morgan fingerprint density at radius 3 is 0.783 bits per heavy atom. The third-order valence-corrected chi connectivity index (χ3v) is 4.34. The topological polar surface area (TPSA) is 55.0 Å². The van der Waals surface area contributed by atoms with E-state index in [1.54, 1.807) is 0 Å². The summed E-state index contributed by atoms with van der Waals surface area (Å²) >= 11 is 0. The van der Waals surface area contributed by atoms with E-state index in [-0.39, 0.29) is 0 Å². The SMILES string of the molecule is C1COCC[NH+]2CCOCCOCC[NH+](CCO1)CCOCC2. The van der Waals surface area contributed by atoms with Crippen molar-refractivity contribution in [3.8, 4) is 0 Å². The molecule has 0 atom stereocenters. The zero-order valence-electron chi connectivity index (χ0n) is 14.4. The van der Waals surface area contributed by atoms with Crippen molar-refractivity contribution in [2.75, 3.05) is 105 Å². The van der Waals surface area contributed by atoms with Crippen molar-refractivity contribution in [3.05, 3.63) is 0 Å². The van der Waals surface area contributed by atoms with Crippen LogP contribution in [0.5, 0.6) is 0 Å². The third-order valence-electron chi connectivity index (χ3n) is 4.34.